The van der Waals surface area contributed by atoms with Crippen LogP contribution in [0.2, 0.25) is 5.02 Å². The number of carboxylic acids is 1. The molecule has 0 unspecified atom stereocenters. The number of hydrogen-bond donors (Lipinski definition) is 2. The molecule has 1 aliphatic heterocycles. The quantitative estimate of drug-likeness (QED) is 0.166. The molecule has 11 heteroatoms. The van der Waals surface area contributed by atoms with Crippen molar-refractivity contribution in [3.05, 3.63) is 88.2 Å². The smallest absolute Gasteiger partial charge is 0.407 e. The number of ether oxygens (including phenoxy) is 1. The van der Waals surface area contributed by atoms with Gasteiger partial charge in [-0.1, -0.05) is 60.5 Å². The van der Waals surface area contributed by atoms with Gasteiger partial charge in [-0.05, 0) is 88.5 Å². The molecule has 1 fully saturated rings. The molecule has 0 radical (unpaired) electrons. The standard InChI is InChI=1S/C37H48ClN5O5/c1-37(2,3)48-36(47)39-20-9-5-8-12-32-31(34(46)43(23-19-33(44)45)26-29-13-15-30(38)16-14-29)25-40-35(41-32)42-21-17-28(18-22-42)24-27-10-6-4-7-11-27/h4,6-7,10-11,13-16,25,28H,5,8-9,12,17-24,26H2,1-3H3,(H,39,47)(H,44,45). The molecule has 3 aromatic rings. The second kappa shape index (κ2) is 17.8. The third kappa shape index (κ3) is 12.1. The predicted octanol–water partition coefficient (Wildman–Crippen LogP) is 6.94. The number of aryl methyl sites for hydroxylation is 1. The van der Waals surface area contributed by atoms with Crippen molar-refractivity contribution in [3.8, 4) is 0 Å². The molecule has 0 spiro atoms. The van der Waals surface area contributed by atoms with Crippen molar-refractivity contribution in [2.45, 2.75) is 84.3 Å². The summed E-state index contributed by atoms with van der Waals surface area (Å²) in [6.45, 7) is 7.91. The van der Waals surface area contributed by atoms with Crippen molar-refractivity contribution >= 4 is 35.5 Å². The number of nitrogens with zero attached hydrogens (tertiary/aromatic N) is 4. The summed E-state index contributed by atoms with van der Waals surface area (Å²) >= 11 is 6.07. The largest absolute Gasteiger partial charge is 0.481 e. The number of benzene rings is 2. The van der Waals surface area contributed by atoms with Gasteiger partial charge in [-0.15, -0.1) is 0 Å². The van der Waals surface area contributed by atoms with E-state index in [0.717, 1.165) is 57.2 Å². The number of unbranched alkanes of at least 4 members (excludes halogenated alkanes) is 2. The number of rotatable bonds is 15. The van der Waals surface area contributed by atoms with Gasteiger partial charge >= 0.3 is 12.1 Å². The van der Waals surface area contributed by atoms with Gasteiger partial charge in [0.2, 0.25) is 5.95 Å². The minimum Gasteiger partial charge on any atom is -0.481 e. The lowest BCUT2D eigenvalue weighted by molar-refractivity contribution is -0.137. The topological polar surface area (TPSA) is 125 Å². The fourth-order valence-electron chi connectivity index (χ4n) is 5.78. The zero-order chi connectivity index (χ0) is 34.5. The normalized spacial score (nSPS) is 13.6. The molecule has 1 aromatic heterocycles. The summed E-state index contributed by atoms with van der Waals surface area (Å²) in [5.41, 5.74) is 2.66. The van der Waals surface area contributed by atoms with E-state index in [0.29, 0.717) is 41.1 Å². The van der Waals surface area contributed by atoms with E-state index in [-0.39, 0.29) is 25.4 Å². The number of carbonyl (C=O) groups excluding carboxylic acids is 2. The van der Waals surface area contributed by atoms with Gasteiger partial charge in [0.05, 0.1) is 17.7 Å². The number of halogens is 1. The molecule has 2 N–H and O–H groups in total. The molecular weight excluding hydrogens is 630 g/mol. The number of alkyl carbamates (subject to hydrolysis) is 1. The average Bonchev–Trinajstić information content (AvgIpc) is 3.05. The fourth-order valence-corrected chi connectivity index (χ4v) is 5.90. The van der Waals surface area contributed by atoms with Gasteiger partial charge in [0.25, 0.3) is 5.91 Å². The highest BCUT2D eigenvalue weighted by atomic mass is 35.5. The summed E-state index contributed by atoms with van der Waals surface area (Å²) < 4.78 is 5.31. The number of nitrogens with one attached hydrogen (secondary N) is 1. The number of amides is 2. The minimum absolute atomic E-state index is 0.0449. The van der Waals surface area contributed by atoms with E-state index in [4.69, 9.17) is 21.3 Å². The van der Waals surface area contributed by atoms with E-state index in [1.165, 1.54) is 5.56 Å². The van der Waals surface area contributed by atoms with Crippen LogP contribution in [0.4, 0.5) is 10.7 Å². The van der Waals surface area contributed by atoms with Gasteiger partial charge in [0.1, 0.15) is 5.60 Å². The highest BCUT2D eigenvalue weighted by Crippen LogP contribution is 2.26. The monoisotopic (exact) mass is 677 g/mol. The number of piperidine rings is 1. The molecule has 2 heterocycles. The molecule has 1 saturated heterocycles. The lowest BCUT2D eigenvalue weighted by atomic mass is 9.90. The van der Waals surface area contributed by atoms with Crippen LogP contribution in [0.15, 0.2) is 60.8 Å². The van der Waals surface area contributed by atoms with Gasteiger partial charge in [-0.3, -0.25) is 9.59 Å². The van der Waals surface area contributed by atoms with Crippen LogP contribution in [0.25, 0.3) is 0 Å². The zero-order valence-corrected chi connectivity index (χ0v) is 29.0. The molecule has 4 rings (SSSR count). The van der Waals surface area contributed by atoms with Crippen molar-refractivity contribution in [2.24, 2.45) is 5.92 Å². The molecular formula is C37H48ClN5O5. The highest BCUT2D eigenvalue weighted by Gasteiger charge is 2.25. The van der Waals surface area contributed by atoms with Crippen LogP contribution in [0.1, 0.15) is 86.5 Å². The Hall–Kier alpha value is -4.18. The Morgan fingerprint density at radius 1 is 1.00 bits per heavy atom. The maximum absolute atomic E-state index is 14.0. The summed E-state index contributed by atoms with van der Waals surface area (Å²) in [6.07, 6.45) is 6.94. The highest BCUT2D eigenvalue weighted by molar-refractivity contribution is 6.30. The lowest BCUT2D eigenvalue weighted by Gasteiger charge is -2.32. The van der Waals surface area contributed by atoms with Crippen LogP contribution in [0.5, 0.6) is 0 Å². The molecule has 2 amide bonds. The van der Waals surface area contributed by atoms with Crippen LogP contribution in [-0.4, -0.2) is 69.7 Å². The number of anilines is 1. The first kappa shape index (κ1) is 36.7. The van der Waals surface area contributed by atoms with Gasteiger partial charge in [0, 0.05) is 43.9 Å². The van der Waals surface area contributed by atoms with Crippen molar-refractivity contribution in [1.82, 2.24) is 20.2 Å². The Balaban J connectivity index is 1.46. The van der Waals surface area contributed by atoms with Gasteiger partial charge in [0.15, 0.2) is 0 Å². The van der Waals surface area contributed by atoms with E-state index >= 15 is 0 Å². The number of aliphatic carboxylic acids is 1. The zero-order valence-electron chi connectivity index (χ0n) is 28.3. The van der Waals surface area contributed by atoms with Crippen molar-refractivity contribution in [3.63, 3.8) is 0 Å². The van der Waals surface area contributed by atoms with Crippen molar-refractivity contribution in [1.29, 1.82) is 0 Å². The van der Waals surface area contributed by atoms with E-state index in [1.54, 1.807) is 23.2 Å². The predicted molar refractivity (Wildman–Crippen MR) is 187 cm³/mol. The molecule has 10 nitrogen and oxygen atoms in total. The van der Waals surface area contributed by atoms with Crippen molar-refractivity contribution < 1.29 is 24.2 Å². The van der Waals surface area contributed by atoms with Crippen LogP contribution < -0.4 is 10.2 Å². The molecule has 258 valence electrons. The van der Waals surface area contributed by atoms with Gasteiger partial charge in [-0.25, -0.2) is 14.8 Å². The Labute approximate surface area is 288 Å². The summed E-state index contributed by atoms with van der Waals surface area (Å²) in [6, 6.07) is 17.7. The molecule has 0 bridgehead atoms. The Morgan fingerprint density at radius 3 is 2.38 bits per heavy atom. The van der Waals surface area contributed by atoms with E-state index in [9.17, 15) is 19.5 Å². The molecule has 0 atom stereocenters. The van der Waals surface area contributed by atoms with E-state index in [2.05, 4.69) is 39.5 Å². The molecule has 1 aliphatic rings. The molecule has 0 aliphatic carbocycles. The number of carboxylic acid groups (broad SMARTS) is 1. The van der Waals surface area contributed by atoms with E-state index < -0.39 is 17.7 Å². The fraction of sp³-hybridized carbons (Fsp3) is 0.486. The van der Waals surface area contributed by atoms with Crippen LogP contribution in [0.3, 0.4) is 0 Å². The second-order valence-electron chi connectivity index (χ2n) is 13.4. The molecule has 48 heavy (non-hydrogen) atoms. The summed E-state index contributed by atoms with van der Waals surface area (Å²) in [5, 5.41) is 12.8. The molecule has 2 aromatic carbocycles. The lowest BCUT2D eigenvalue weighted by Crippen LogP contribution is -2.36. The van der Waals surface area contributed by atoms with Crippen molar-refractivity contribution in [2.75, 3.05) is 31.1 Å². The number of hydrogen-bond acceptors (Lipinski definition) is 7. The average molecular weight is 678 g/mol. The van der Waals surface area contributed by atoms with E-state index in [1.807, 2.05) is 39.0 Å². The first-order valence-corrected chi connectivity index (χ1v) is 17.2. The second-order valence-corrected chi connectivity index (χ2v) is 13.8. The Morgan fingerprint density at radius 2 is 1.71 bits per heavy atom. The summed E-state index contributed by atoms with van der Waals surface area (Å²) in [7, 11) is 0. The maximum Gasteiger partial charge on any atom is 0.407 e. The Bertz CT molecular complexity index is 1490. The SMILES string of the molecule is CC(C)(C)OC(=O)NCCCCCc1nc(N2CCC(Cc3ccccc3)CC2)ncc1C(=O)N(CCC(=O)O)Cc1ccc(Cl)cc1. The molecule has 0 saturated carbocycles. The number of carbonyl (C=O) groups is 3. The van der Waals surface area contributed by atoms with Crippen LogP contribution in [0, 0.1) is 5.92 Å². The van der Waals surface area contributed by atoms with Crippen LogP contribution >= 0.6 is 11.6 Å². The summed E-state index contributed by atoms with van der Waals surface area (Å²) in [4.78, 5) is 50.9. The minimum atomic E-state index is -0.980. The Kier molecular flexibility index (Phi) is 13.6. The van der Waals surface area contributed by atoms with Gasteiger partial charge in [-0.2, -0.15) is 0 Å². The van der Waals surface area contributed by atoms with Crippen LogP contribution in [-0.2, 0) is 28.9 Å². The number of aromatic nitrogens is 2. The third-order valence-corrected chi connectivity index (χ3v) is 8.53. The third-order valence-electron chi connectivity index (χ3n) is 8.28. The first-order chi connectivity index (χ1) is 23.0. The summed E-state index contributed by atoms with van der Waals surface area (Å²) in [5.74, 6) is -0.0812. The maximum atomic E-state index is 14.0. The first-order valence-electron chi connectivity index (χ1n) is 16.8. The van der Waals surface area contributed by atoms with Gasteiger partial charge < -0.3 is 25.0 Å².